The van der Waals surface area contributed by atoms with E-state index >= 15 is 0 Å². The van der Waals surface area contributed by atoms with Crippen LogP contribution in [-0.2, 0) is 4.79 Å². The van der Waals surface area contributed by atoms with Crippen molar-refractivity contribution in [3.63, 3.8) is 0 Å². The lowest BCUT2D eigenvalue weighted by molar-refractivity contribution is -0.114. The predicted molar refractivity (Wildman–Crippen MR) is 87.7 cm³/mol. The lowest BCUT2D eigenvalue weighted by Crippen LogP contribution is -2.21. The van der Waals surface area contributed by atoms with Crippen molar-refractivity contribution < 1.29 is 4.79 Å². The molecule has 4 heteroatoms. The first-order chi connectivity index (χ1) is 9.68. The highest BCUT2D eigenvalue weighted by Crippen LogP contribution is 2.23. The van der Waals surface area contributed by atoms with Gasteiger partial charge in [0.2, 0.25) is 0 Å². The summed E-state index contributed by atoms with van der Waals surface area (Å²) in [6, 6.07) is 7.48. The Morgan fingerprint density at radius 2 is 1.62 bits per heavy atom. The molecule has 0 fully saturated rings. The van der Waals surface area contributed by atoms with Crippen molar-refractivity contribution in [1.82, 2.24) is 4.90 Å². The summed E-state index contributed by atoms with van der Waals surface area (Å²) in [5, 5.41) is 2.96. The van der Waals surface area contributed by atoms with Gasteiger partial charge in [0.15, 0.2) is 5.78 Å². The minimum Gasteiger partial charge on any atom is -0.378 e. The highest BCUT2D eigenvalue weighted by atomic mass is 16.3. The average Bonchev–Trinajstić information content (AvgIpc) is 2.45. The van der Waals surface area contributed by atoms with E-state index in [0.717, 1.165) is 16.8 Å². The molecule has 0 aliphatic heterocycles. The van der Waals surface area contributed by atoms with Gasteiger partial charge in [0.05, 0.1) is 0 Å². The topological polar surface area (TPSA) is 49.7 Å². The highest BCUT2D eigenvalue weighted by molar-refractivity contribution is 6.20. The van der Waals surface area contributed by atoms with Gasteiger partial charge in [0.1, 0.15) is 5.54 Å². The molecule has 0 aromatic heterocycles. The van der Waals surface area contributed by atoms with Crippen LogP contribution in [0.2, 0.25) is 0 Å². The summed E-state index contributed by atoms with van der Waals surface area (Å²) in [6.07, 6.45) is 0.0570. The molecule has 0 aliphatic rings. The molecule has 0 saturated carbocycles. The fourth-order valence-electron chi connectivity index (χ4n) is 1.81. The summed E-state index contributed by atoms with van der Waals surface area (Å²) >= 11 is 0. The molecule has 112 valence electrons. The quantitative estimate of drug-likeness (QED) is 0.567. The van der Waals surface area contributed by atoms with Crippen molar-refractivity contribution in [2.75, 3.05) is 14.1 Å². The van der Waals surface area contributed by atoms with E-state index in [1.165, 1.54) is 0 Å². The van der Waals surface area contributed by atoms with E-state index in [0.29, 0.717) is 5.57 Å². The largest absolute Gasteiger partial charge is 0.378 e. The van der Waals surface area contributed by atoms with Gasteiger partial charge in [-0.15, -0.1) is 0 Å². The van der Waals surface area contributed by atoms with E-state index in [1.54, 1.807) is 13.8 Å². The number of allylic oxidation sites excluding steroid dienone is 1. The smallest absolute Gasteiger partial charge is 0.165 e. The molecule has 0 aliphatic carbocycles. The van der Waals surface area contributed by atoms with Gasteiger partial charge in [-0.05, 0) is 25.0 Å². The molecule has 0 bridgehead atoms. The normalized spacial score (nSPS) is 10.9. The summed E-state index contributed by atoms with van der Waals surface area (Å²) < 4.78 is 0. The molecule has 1 aromatic carbocycles. The summed E-state index contributed by atoms with van der Waals surface area (Å²) in [7, 11) is 3.85. The maximum atomic E-state index is 12.1. The van der Waals surface area contributed by atoms with Gasteiger partial charge in [-0.2, -0.15) is 4.91 Å². The number of carbonyl (C=O) groups is 1. The zero-order valence-electron chi connectivity index (χ0n) is 13.1. The third-order valence-electron chi connectivity index (χ3n) is 3.28. The first-order valence-electron chi connectivity index (χ1n) is 6.71. The molecule has 0 radical (unpaired) electrons. The number of nitrogens with zero attached hydrogens (tertiary/aromatic N) is 2. The van der Waals surface area contributed by atoms with Gasteiger partial charge < -0.3 is 4.90 Å². The Hall–Kier alpha value is -2.23. The lowest BCUT2D eigenvalue weighted by atomic mass is 9.92. The van der Waals surface area contributed by atoms with Crippen molar-refractivity contribution in [3.05, 3.63) is 53.5 Å². The number of benzene rings is 1. The lowest BCUT2D eigenvalue weighted by Gasteiger charge is -2.17. The van der Waals surface area contributed by atoms with Gasteiger partial charge in [-0.25, -0.2) is 0 Å². The van der Waals surface area contributed by atoms with Crippen LogP contribution in [0.15, 0.2) is 42.6 Å². The van der Waals surface area contributed by atoms with Crippen LogP contribution in [0.25, 0.3) is 11.3 Å². The van der Waals surface area contributed by atoms with Crippen LogP contribution in [0.4, 0.5) is 0 Å². The fraction of sp³-hybridized carbons (Fsp3) is 0.353. The summed E-state index contributed by atoms with van der Waals surface area (Å²) in [5.74, 6) is -0.168. The molecule has 0 atom stereocenters. The average molecular weight is 286 g/mol. The predicted octanol–water partition coefficient (Wildman–Crippen LogP) is 3.74. The van der Waals surface area contributed by atoms with Crippen LogP contribution in [-0.4, -0.2) is 30.3 Å². The van der Waals surface area contributed by atoms with Crippen LogP contribution >= 0.6 is 0 Å². The first-order valence-corrected chi connectivity index (χ1v) is 6.71. The highest BCUT2D eigenvalue weighted by Gasteiger charge is 2.24. The number of nitroso groups, excluding NO2 is 1. The van der Waals surface area contributed by atoms with Gasteiger partial charge >= 0.3 is 0 Å². The van der Waals surface area contributed by atoms with E-state index in [9.17, 15) is 9.70 Å². The number of ketones is 1. The van der Waals surface area contributed by atoms with Crippen molar-refractivity contribution >= 4 is 17.1 Å². The van der Waals surface area contributed by atoms with Crippen LogP contribution in [0.1, 0.15) is 31.4 Å². The molecule has 0 spiro atoms. The Labute approximate surface area is 126 Å². The summed E-state index contributed by atoms with van der Waals surface area (Å²) in [5.41, 5.74) is 2.12. The van der Waals surface area contributed by atoms with Gasteiger partial charge in [-0.3, -0.25) is 4.79 Å². The van der Waals surface area contributed by atoms with Gasteiger partial charge in [0.25, 0.3) is 0 Å². The Morgan fingerprint density at radius 1 is 1.14 bits per heavy atom. The Morgan fingerprint density at radius 3 is 2.05 bits per heavy atom. The second-order valence-corrected chi connectivity index (χ2v) is 5.90. The van der Waals surface area contributed by atoms with Crippen LogP contribution in [0.5, 0.6) is 0 Å². The molecule has 1 rings (SSSR count). The summed E-state index contributed by atoms with van der Waals surface area (Å²) in [4.78, 5) is 24.7. The van der Waals surface area contributed by atoms with Gasteiger partial charge in [0, 0.05) is 31.8 Å². The minimum atomic E-state index is -0.904. The van der Waals surface area contributed by atoms with Crippen molar-refractivity contribution in [1.29, 1.82) is 0 Å². The van der Waals surface area contributed by atoms with Crippen molar-refractivity contribution in [2.24, 2.45) is 5.18 Å². The number of carbonyl (C=O) groups excluding carboxylic acids is 1. The molecule has 0 N–H and O–H groups in total. The SMILES string of the molecule is C=C(C(=O)CC(C)(C)N=O)c1ccc(C(=C)N(C)C)cc1. The van der Waals surface area contributed by atoms with E-state index < -0.39 is 5.54 Å². The molecule has 0 heterocycles. The van der Waals surface area contributed by atoms with Crippen LogP contribution in [0, 0.1) is 4.91 Å². The van der Waals surface area contributed by atoms with E-state index in [2.05, 4.69) is 18.3 Å². The van der Waals surface area contributed by atoms with Gasteiger partial charge in [-0.1, -0.05) is 42.6 Å². The number of rotatable bonds is 7. The molecule has 0 unspecified atom stereocenters. The molecule has 0 saturated heterocycles. The van der Waals surface area contributed by atoms with Crippen molar-refractivity contribution in [2.45, 2.75) is 25.8 Å². The van der Waals surface area contributed by atoms with E-state index in [1.807, 2.05) is 43.3 Å². The molecular formula is C17H22N2O2. The third kappa shape index (κ3) is 4.38. The Bertz CT molecular complexity index is 569. The minimum absolute atomic E-state index is 0.0570. The maximum absolute atomic E-state index is 12.1. The number of Topliss-reactive ketones (excluding diaryl/α,β-unsaturated/α-hetero) is 1. The summed E-state index contributed by atoms with van der Waals surface area (Å²) in [6.45, 7) is 11.1. The Kier molecular flexibility index (Phi) is 5.19. The molecule has 0 amide bonds. The first kappa shape index (κ1) is 16.8. The molecule has 1 aromatic rings. The second-order valence-electron chi connectivity index (χ2n) is 5.90. The molecule has 21 heavy (non-hydrogen) atoms. The second kappa shape index (κ2) is 6.48. The zero-order chi connectivity index (χ0) is 16.2. The Balaban J connectivity index is 2.87. The third-order valence-corrected chi connectivity index (χ3v) is 3.28. The van der Waals surface area contributed by atoms with Crippen LogP contribution < -0.4 is 0 Å². The number of hydrogen-bond acceptors (Lipinski definition) is 4. The number of hydrogen-bond donors (Lipinski definition) is 0. The standard InChI is InChI=1S/C17H22N2O2/c1-12(16(20)11-17(3,4)18-21)14-7-9-15(10-8-14)13(2)19(5)6/h7-10H,1-2,11H2,3-6H3. The van der Waals surface area contributed by atoms with E-state index in [4.69, 9.17) is 0 Å². The fourth-order valence-corrected chi connectivity index (χ4v) is 1.81. The van der Waals surface area contributed by atoms with Crippen LogP contribution in [0.3, 0.4) is 0 Å². The molecule has 4 nitrogen and oxygen atoms in total. The monoisotopic (exact) mass is 286 g/mol. The maximum Gasteiger partial charge on any atom is 0.165 e. The van der Waals surface area contributed by atoms with Crippen molar-refractivity contribution in [3.8, 4) is 0 Å². The zero-order valence-corrected chi connectivity index (χ0v) is 13.1. The van der Waals surface area contributed by atoms with E-state index in [-0.39, 0.29) is 12.2 Å². The molecular weight excluding hydrogens is 264 g/mol.